The number of hydrogen-bond donors (Lipinski definition) is 2. The van der Waals surface area contributed by atoms with E-state index in [2.05, 4.69) is 31.5 Å². The van der Waals surface area contributed by atoms with Gasteiger partial charge >= 0.3 is 0 Å². The highest BCUT2D eigenvalue weighted by atomic mass is 79.9. The Kier molecular flexibility index (Phi) is 6.31. The lowest BCUT2D eigenvalue weighted by molar-refractivity contribution is -0.120. The molecule has 0 fully saturated rings. The third kappa shape index (κ3) is 5.24. The second kappa shape index (κ2) is 7.78. The van der Waals surface area contributed by atoms with E-state index in [-0.39, 0.29) is 18.1 Å². The zero-order valence-corrected chi connectivity index (χ0v) is 11.5. The number of pyridine rings is 1. The predicted molar refractivity (Wildman–Crippen MR) is 69.2 cm³/mol. The van der Waals surface area contributed by atoms with E-state index in [1.54, 1.807) is 25.3 Å². The SMILES string of the molecule is COCCNC(=O)CNC(=O)c1cccc(Br)n1. The van der Waals surface area contributed by atoms with Crippen LogP contribution in [-0.2, 0) is 9.53 Å². The first kappa shape index (κ1) is 14.6. The van der Waals surface area contributed by atoms with Crippen LogP contribution in [0.5, 0.6) is 0 Å². The largest absolute Gasteiger partial charge is 0.383 e. The number of aromatic nitrogens is 1. The van der Waals surface area contributed by atoms with Crippen LogP contribution in [0.1, 0.15) is 10.5 Å². The molecule has 0 bridgehead atoms. The second-order valence-electron chi connectivity index (χ2n) is 3.37. The van der Waals surface area contributed by atoms with E-state index in [4.69, 9.17) is 4.74 Å². The highest BCUT2D eigenvalue weighted by Crippen LogP contribution is 2.05. The smallest absolute Gasteiger partial charge is 0.270 e. The van der Waals surface area contributed by atoms with Gasteiger partial charge in [-0.05, 0) is 28.1 Å². The summed E-state index contributed by atoms with van der Waals surface area (Å²) in [5.74, 6) is -0.659. The zero-order chi connectivity index (χ0) is 13.4. The van der Waals surface area contributed by atoms with Gasteiger partial charge in [0, 0.05) is 13.7 Å². The highest BCUT2D eigenvalue weighted by Gasteiger charge is 2.09. The Hall–Kier alpha value is -1.47. The van der Waals surface area contributed by atoms with E-state index in [0.29, 0.717) is 17.8 Å². The van der Waals surface area contributed by atoms with Crippen LogP contribution in [0.3, 0.4) is 0 Å². The van der Waals surface area contributed by atoms with Gasteiger partial charge in [0.2, 0.25) is 5.91 Å². The summed E-state index contributed by atoms with van der Waals surface area (Å²) >= 11 is 3.17. The van der Waals surface area contributed by atoms with Crippen LogP contribution in [0, 0.1) is 0 Å². The molecule has 0 atom stereocenters. The van der Waals surface area contributed by atoms with Gasteiger partial charge in [-0.3, -0.25) is 9.59 Å². The Morgan fingerprint density at radius 1 is 1.39 bits per heavy atom. The van der Waals surface area contributed by atoms with E-state index in [1.807, 2.05) is 0 Å². The maximum atomic E-state index is 11.6. The van der Waals surface area contributed by atoms with Crippen molar-refractivity contribution in [2.75, 3.05) is 26.8 Å². The van der Waals surface area contributed by atoms with E-state index < -0.39 is 5.91 Å². The van der Waals surface area contributed by atoms with Gasteiger partial charge in [-0.2, -0.15) is 0 Å². The van der Waals surface area contributed by atoms with E-state index >= 15 is 0 Å². The van der Waals surface area contributed by atoms with Crippen molar-refractivity contribution in [2.24, 2.45) is 0 Å². The average Bonchev–Trinajstić information content (AvgIpc) is 2.36. The van der Waals surface area contributed by atoms with Gasteiger partial charge in [0.25, 0.3) is 5.91 Å². The van der Waals surface area contributed by atoms with Crippen molar-refractivity contribution in [3.63, 3.8) is 0 Å². The Morgan fingerprint density at radius 3 is 2.83 bits per heavy atom. The van der Waals surface area contributed by atoms with Gasteiger partial charge in [0.05, 0.1) is 13.2 Å². The maximum absolute atomic E-state index is 11.6. The number of amides is 2. The summed E-state index contributed by atoms with van der Waals surface area (Å²) in [7, 11) is 1.55. The molecule has 98 valence electrons. The quantitative estimate of drug-likeness (QED) is 0.586. The number of rotatable bonds is 6. The molecule has 2 amide bonds. The summed E-state index contributed by atoms with van der Waals surface area (Å²) in [5.41, 5.74) is 0.258. The summed E-state index contributed by atoms with van der Waals surface area (Å²) < 4.78 is 5.35. The van der Waals surface area contributed by atoms with Crippen LogP contribution in [0.15, 0.2) is 22.8 Å². The molecule has 1 heterocycles. The third-order valence-corrected chi connectivity index (χ3v) is 2.43. The van der Waals surface area contributed by atoms with Crippen molar-refractivity contribution >= 4 is 27.7 Å². The molecule has 0 unspecified atom stereocenters. The number of carbonyl (C=O) groups excluding carboxylic acids is 2. The van der Waals surface area contributed by atoms with Crippen molar-refractivity contribution in [3.8, 4) is 0 Å². The molecule has 7 heteroatoms. The zero-order valence-electron chi connectivity index (χ0n) is 9.90. The molecule has 1 rings (SSSR count). The first-order valence-corrected chi connectivity index (χ1v) is 6.09. The van der Waals surface area contributed by atoms with Gasteiger partial charge in [-0.1, -0.05) is 6.07 Å². The van der Waals surface area contributed by atoms with Crippen LogP contribution in [0.4, 0.5) is 0 Å². The highest BCUT2D eigenvalue weighted by molar-refractivity contribution is 9.10. The molecule has 0 aliphatic rings. The minimum Gasteiger partial charge on any atom is -0.383 e. The van der Waals surface area contributed by atoms with Gasteiger partial charge in [0.15, 0.2) is 0 Å². The predicted octanol–water partition coefficient (Wildman–Crippen LogP) is 0.337. The normalized spacial score (nSPS) is 9.89. The van der Waals surface area contributed by atoms with Gasteiger partial charge < -0.3 is 15.4 Å². The van der Waals surface area contributed by atoms with Crippen LogP contribution in [-0.4, -0.2) is 43.6 Å². The van der Waals surface area contributed by atoms with Crippen molar-refractivity contribution in [1.82, 2.24) is 15.6 Å². The van der Waals surface area contributed by atoms with Crippen molar-refractivity contribution in [2.45, 2.75) is 0 Å². The van der Waals surface area contributed by atoms with Crippen molar-refractivity contribution in [1.29, 1.82) is 0 Å². The molecular weight excluding hydrogens is 302 g/mol. The average molecular weight is 316 g/mol. The number of hydrogen-bond acceptors (Lipinski definition) is 4. The first-order chi connectivity index (χ1) is 8.63. The van der Waals surface area contributed by atoms with Gasteiger partial charge in [-0.25, -0.2) is 4.98 Å². The Morgan fingerprint density at radius 2 is 2.17 bits per heavy atom. The Bertz CT molecular complexity index is 426. The van der Waals surface area contributed by atoms with Crippen LogP contribution in [0.2, 0.25) is 0 Å². The molecule has 0 aliphatic carbocycles. The van der Waals surface area contributed by atoms with Gasteiger partial charge in [0.1, 0.15) is 10.3 Å². The second-order valence-corrected chi connectivity index (χ2v) is 4.18. The molecule has 0 saturated heterocycles. The van der Waals surface area contributed by atoms with Crippen molar-refractivity contribution in [3.05, 3.63) is 28.5 Å². The van der Waals surface area contributed by atoms with Crippen LogP contribution in [0.25, 0.3) is 0 Å². The maximum Gasteiger partial charge on any atom is 0.270 e. The number of methoxy groups -OCH3 is 1. The Balaban J connectivity index is 2.35. The minimum atomic E-state index is -0.391. The number of halogens is 1. The third-order valence-electron chi connectivity index (χ3n) is 1.99. The molecule has 1 aromatic rings. The summed E-state index contributed by atoms with van der Waals surface area (Å²) in [5, 5.41) is 5.07. The molecular formula is C11H14BrN3O3. The molecule has 1 aromatic heterocycles. The van der Waals surface area contributed by atoms with Crippen LogP contribution >= 0.6 is 15.9 Å². The number of carbonyl (C=O) groups is 2. The van der Waals surface area contributed by atoms with Crippen LogP contribution < -0.4 is 10.6 Å². The molecule has 6 nitrogen and oxygen atoms in total. The topological polar surface area (TPSA) is 80.3 Å². The molecule has 0 radical (unpaired) electrons. The van der Waals surface area contributed by atoms with E-state index in [0.717, 1.165) is 0 Å². The monoisotopic (exact) mass is 315 g/mol. The number of nitrogens with zero attached hydrogens (tertiary/aromatic N) is 1. The summed E-state index contributed by atoms with van der Waals surface area (Å²) in [6.07, 6.45) is 0. The molecule has 0 aliphatic heterocycles. The standard InChI is InChI=1S/C11H14BrN3O3/c1-18-6-5-13-10(16)7-14-11(17)8-3-2-4-9(12)15-8/h2-4H,5-7H2,1H3,(H,13,16)(H,14,17). The summed E-state index contributed by atoms with van der Waals surface area (Å²) in [6.45, 7) is 0.768. The first-order valence-electron chi connectivity index (χ1n) is 5.30. The molecule has 0 spiro atoms. The fourth-order valence-electron chi connectivity index (χ4n) is 1.14. The fourth-order valence-corrected chi connectivity index (χ4v) is 1.48. The molecule has 2 N–H and O–H groups in total. The van der Waals surface area contributed by atoms with E-state index in [9.17, 15) is 9.59 Å². The molecule has 0 aromatic carbocycles. The van der Waals surface area contributed by atoms with E-state index in [1.165, 1.54) is 0 Å². The summed E-state index contributed by atoms with van der Waals surface area (Å²) in [6, 6.07) is 4.99. The Labute approximate surface area is 113 Å². The summed E-state index contributed by atoms with van der Waals surface area (Å²) in [4.78, 5) is 26.9. The number of nitrogens with one attached hydrogen (secondary N) is 2. The number of ether oxygens (including phenoxy) is 1. The van der Waals surface area contributed by atoms with Crippen molar-refractivity contribution < 1.29 is 14.3 Å². The fraction of sp³-hybridized carbons (Fsp3) is 0.364. The van der Waals surface area contributed by atoms with Gasteiger partial charge in [-0.15, -0.1) is 0 Å². The molecule has 0 saturated carbocycles. The minimum absolute atomic E-state index is 0.0866. The molecule has 18 heavy (non-hydrogen) atoms. The lowest BCUT2D eigenvalue weighted by atomic mass is 10.3. The lowest BCUT2D eigenvalue weighted by Gasteiger charge is -2.06. The lowest BCUT2D eigenvalue weighted by Crippen LogP contribution is -2.38.